The highest BCUT2D eigenvalue weighted by Gasteiger charge is 2.54. The number of fused-ring (bicyclic) bond motifs is 1. The molecule has 0 radical (unpaired) electrons. The molecule has 4 fully saturated rings. The minimum Gasteiger partial charge on any atom is -0.459 e. The third-order valence-corrected chi connectivity index (χ3v) is 22.4. The number of aromatic nitrogens is 1. The lowest BCUT2D eigenvalue weighted by molar-refractivity contribution is -0.304. The number of rotatable bonds is 23. The molecule has 2 aromatic carbocycles. The molecule has 24 nitrogen and oxygen atoms in total. The number of piperazine rings is 1. The van der Waals surface area contributed by atoms with Crippen LogP contribution in [0, 0.1) is 29.6 Å². The van der Waals surface area contributed by atoms with Gasteiger partial charge in [-0.05, 0) is 162 Å². The lowest BCUT2D eigenvalue weighted by Crippen LogP contribution is -2.61. The van der Waals surface area contributed by atoms with Crippen LogP contribution in [0.3, 0.4) is 0 Å². The lowest BCUT2D eigenvalue weighted by Gasteiger charge is -2.49. The Balaban J connectivity index is 1.01. The fourth-order valence-electron chi connectivity index (χ4n) is 16.7. The maximum Gasteiger partial charge on any atom is 0.311 e. The number of benzene rings is 2. The van der Waals surface area contributed by atoms with E-state index in [1.165, 1.54) is 14.0 Å². The molecule has 3 saturated heterocycles. The summed E-state index contributed by atoms with van der Waals surface area (Å²) in [5.41, 5.74) is -1.56. The number of esters is 3. The van der Waals surface area contributed by atoms with E-state index in [0.717, 1.165) is 22.3 Å². The number of carbonyl (C=O) groups is 5. The first-order valence-corrected chi connectivity index (χ1v) is 37.5. The van der Waals surface area contributed by atoms with E-state index in [9.17, 15) is 44.7 Å². The van der Waals surface area contributed by atoms with E-state index in [1.807, 2.05) is 164 Å². The van der Waals surface area contributed by atoms with Crippen LogP contribution in [0.4, 0.5) is 0 Å². The second kappa shape index (κ2) is 35.9. The third-order valence-electron chi connectivity index (χ3n) is 22.4. The molecule has 7 N–H and O–H groups in total. The van der Waals surface area contributed by atoms with Crippen LogP contribution in [0.25, 0.3) is 0 Å². The van der Waals surface area contributed by atoms with Crippen LogP contribution in [0.2, 0.25) is 0 Å². The Morgan fingerprint density at radius 1 is 0.835 bits per heavy atom. The highest BCUT2D eigenvalue weighted by Crippen LogP contribution is 2.43. The molecule has 103 heavy (non-hydrogen) atoms. The normalized spacial score (nSPS) is 35.3. The van der Waals surface area contributed by atoms with Crippen molar-refractivity contribution in [3.63, 3.8) is 0 Å². The number of amides is 2. The summed E-state index contributed by atoms with van der Waals surface area (Å²) in [7, 11) is 7.06. The van der Waals surface area contributed by atoms with Crippen molar-refractivity contribution in [2.75, 3.05) is 61.0 Å². The zero-order valence-corrected chi connectivity index (χ0v) is 64.2. The summed E-state index contributed by atoms with van der Waals surface area (Å²) < 4.78 is 45.9. The van der Waals surface area contributed by atoms with Crippen LogP contribution in [-0.2, 0) is 76.5 Å². The van der Waals surface area contributed by atoms with Crippen LogP contribution < -0.4 is 10.6 Å². The summed E-state index contributed by atoms with van der Waals surface area (Å²) in [6.07, 6.45) is -6.21. The summed E-state index contributed by atoms with van der Waals surface area (Å²) in [6, 6.07) is 18.5. The van der Waals surface area contributed by atoms with Crippen molar-refractivity contribution < 1.29 is 82.7 Å². The van der Waals surface area contributed by atoms with Gasteiger partial charge in [-0.2, -0.15) is 0 Å². The Hall–Kier alpha value is -5.58. The molecule has 3 aliphatic heterocycles. The van der Waals surface area contributed by atoms with Gasteiger partial charge in [0.15, 0.2) is 12.4 Å². The molecule has 24 heteroatoms. The van der Waals surface area contributed by atoms with Gasteiger partial charge in [-0.1, -0.05) is 88.4 Å². The zero-order valence-electron chi connectivity index (χ0n) is 64.2. The van der Waals surface area contributed by atoms with E-state index in [1.54, 1.807) is 33.9 Å². The quantitative estimate of drug-likeness (QED) is 0.0403. The lowest BCUT2D eigenvalue weighted by atomic mass is 9.74. The predicted octanol–water partition coefficient (Wildman–Crippen LogP) is 6.33. The van der Waals surface area contributed by atoms with Gasteiger partial charge < -0.3 is 79.1 Å². The first-order valence-electron chi connectivity index (χ1n) is 37.5. The molecule has 3 aromatic rings. The van der Waals surface area contributed by atoms with Gasteiger partial charge >= 0.3 is 17.9 Å². The number of pyridine rings is 1. The number of aliphatic hydroxyl groups is 5. The molecule has 576 valence electrons. The van der Waals surface area contributed by atoms with Crippen LogP contribution in [0.5, 0.6) is 0 Å². The molecule has 0 bridgehead atoms. The number of hydrogen-bond donors (Lipinski definition) is 7. The maximum absolute atomic E-state index is 15.0. The third kappa shape index (κ3) is 21.6. The number of methoxy groups -OCH3 is 1. The summed E-state index contributed by atoms with van der Waals surface area (Å²) in [4.78, 5) is 85.0. The Morgan fingerprint density at radius 2 is 1.50 bits per heavy atom. The molecule has 4 heterocycles. The number of β-amino-alcohol motifs (C(OH)–C–C–N with tert-alkyl or cyclic N) is 1. The molecule has 0 unspecified atom stereocenters. The fourth-order valence-corrected chi connectivity index (χ4v) is 16.7. The summed E-state index contributed by atoms with van der Waals surface area (Å²) in [6.45, 7) is 26.3. The molecular weight excluding hydrogens is 1320 g/mol. The molecule has 5 aliphatic rings. The van der Waals surface area contributed by atoms with E-state index < -0.39 is 156 Å². The Kier molecular flexibility index (Phi) is 28.9. The average Bonchev–Trinajstić information content (AvgIpc) is 1.10. The van der Waals surface area contributed by atoms with Crippen LogP contribution in [-0.4, -0.2) is 249 Å². The number of nitrogens with one attached hydrogen (secondary N) is 2. The number of nitrogens with zero attached hydrogens (tertiary/aromatic N) is 5. The Labute approximate surface area is 611 Å². The Bertz CT molecular complexity index is 3230. The SMILES string of the molecule is CC[C@H]1OC(=O)[C@@H](C)[C@@H](O[C@@H]2C[C@H](C)[C@@H](O)[C@](C)(OC)C2)[C@H](C)[C@@H](O[C@@H]2O[C@H](C)C[C@H](N(C)C)[C@H]2OC(=O)CCC(=O)O[C@@H]2Cc3ccccc3[C@@H]2NC(=O)[C@H](Cc2ccccc2)C[C@H](O)CN2CCN(Cc3cccnc3)C[C@H]2C(=O)NC(C)(C)C)[C@](C)(O)C[C@@H](C)CN(C)[C@H](C)[C@@H](O)[C@]1(C)O. The van der Waals surface area contributed by atoms with E-state index in [0.29, 0.717) is 52.0 Å². The van der Waals surface area contributed by atoms with Crippen molar-refractivity contribution in [1.29, 1.82) is 0 Å². The van der Waals surface area contributed by atoms with E-state index in [2.05, 4.69) is 20.5 Å². The van der Waals surface area contributed by atoms with Crippen molar-refractivity contribution >= 4 is 29.7 Å². The number of ether oxygens (including phenoxy) is 7. The first-order chi connectivity index (χ1) is 48.4. The summed E-state index contributed by atoms with van der Waals surface area (Å²) >= 11 is 0. The van der Waals surface area contributed by atoms with Crippen LogP contribution in [0.1, 0.15) is 170 Å². The van der Waals surface area contributed by atoms with Gasteiger partial charge in [0.25, 0.3) is 0 Å². The van der Waals surface area contributed by atoms with Gasteiger partial charge in [-0.25, -0.2) is 0 Å². The van der Waals surface area contributed by atoms with Gasteiger partial charge in [0.1, 0.15) is 30.0 Å². The summed E-state index contributed by atoms with van der Waals surface area (Å²) in [5, 5.41) is 67.0. The van der Waals surface area contributed by atoms with Crippen molar-refractivity contribution in [3.8, 4) is 0 Å². The average molecular weight is 1440 g/mol. The first kappa shape index (κ1) is 83.1. The molecule has 1 aromatic heterocycles. The molecule has 2 amide bonds. The van der Waals surface area contributed by atoms with E-state index in [4.69, 9.17) is 33.2 Å². The number of cyclic esters (lactones) is 1. The standard InChI is InChI=1S/C79H123N7O17/c1-18-63-79(13,96)70(91)52(7)84(16)43-47(2)40-77(11,95)71(50(5)67(51(6)74(94)101-63)99-58-35-48(3)69(90)78(12,41-58)97-17)103-75-68(60(83(14)15)36-49(4)98-75)102-65(89)31-30-64(88)100-62-39-55-28-22-23-29-59(55)66(62)81-72(92)56(37-53-25-20-19-21-26-53)38-57(87)45-86-34-33-85(44-54-27-24-32-80-42-54)46-61(86)73(93)82-76(8,9)10/h19-29,32,42,47-52,56-58,60-63,66-71,75,87,90-91,95-96H,18,30-31,33-41,43-46H2,1-17H3,(H,81,92)(H,82,93)/t47-,48+,49-,50+,51+,52-,56-,57+,58-,60+,61+,62-,63-,66+,67+,68-,69-,70-,71-,75+,77-,78-,79-/m1/s1. The smallest absolute Gasteiger partial charge is 0.311 e. The second-order valence-electron chi connectivity index (χ2n) is 32.7. The number of hydrogen-bond acceptors (Lipinski definition) is 22. The van der Waals surface area contributed by atoms with Crippen molar-refractivity contribution in [1.82, 2.24) is 35.2 Å². The fraction of sp³-hybridized carbons (Fsp3) is 0.722. The molecule has 23 atom stereocenters. The molecule has 0 spiro atoms. The monoisotopic (exact) mass is 1440 g/mol. The van der Waals surface area contributed by atoms with Crippen molar-refractivity contribution in [2.24, 2.45) is 29.6 Å². The van der Waals surface area contributed by atoms with Crippen LogP contribution >= 0.6 is 0 Å². The predicted molar refractivity (Wildman–Crippen MR) is 388 cm³/mol. The number of aliphatic hydroxyl groups excluding tert-OH is 3. The van der Waals surface area contributed by atoms with Gasteiger partial charge in [-0.15, -0.1) is 0 Å². The topological polar surface area (TPSA) is 301 Å². The molecular formula is C79H123N7O17. The number of likely N-dealkylation sites (N-methyl/N-ethyl adjacent to an activating group) is 2. The minimum atomic E-state index is -1.88. The van der Waals surface area contributed by atoms with Crippen molar-refractivity contribution in [3.05, 3.63) is 101 Å². The van der Waals surface area contributed by atoms with Crippen molar-refractivity contribution in [2.45, 2.75) is 275 Å². The van der Waals surface area contributed by atoms with Gasteiger partial charge in [0.05, 0.1) is 78.7 Å². The molecule has 2 aliphatic carbocycles. The molecule has 1 saturated carbocycles. The minimum absolute atomic E-state index is 0.0649. The largest absolute Gasteiger partial charge is 0.459 e. The second-order valence-corrected chi connectivity index (χ2v) is 32.7. The highest BCUT2D eigenvalue weighted by molar-refractivity contribution is 5.83. The summed E-state index contributed by atoms with van der Waals surface area (Å²) in [5.74, 6) is -5.91. The zero-order chi connectivity index (χ0) is 75.6. The van der Waals surface area contributed by atoms with Gasteiger partial charge in [0, 0.05) is 95.0 Å². The maximum atomic E-state index is 15.0. The Morgan fingerprint density at radius 3 is 2.16 bits per heavy atom. The van der Waals surface area contributed by atoms with E-state index in [-0.39, 0.29) is 68.7 Å². The van der Waals surface area contributed by atoms with Gasteiger partial charge in [0.2, 0.25) is 11.8 Å². The number of carbonyl (C=O) groups excluding carboxylic acids is 5. The molecule has 8 rings (SSSR count). The van der Waals surface area contributed by atoms with Crippen LogP contribution in [0.15, 0.2) is 79.1 Å². The highest BCUT2D eigenvalue weighted by atomic mass is 16.7. The van der Waals surface area contributed by atoms with Gasteiger partial charge in [-0.3, -0.25) is 38.8 Å². The van der Waals surface area contributed by atoms with E-state index >= 15 is 4.79 Å².